The third kappa shape index (κ3) is 1.39. The summed E-state index contributed by atoms with van der Waals surface area (Å²) in [6, 6.07) is 0. The Bertz CT molecular complexity index is 203. The first kappa shape index (κ1) is 7.77. The van der Waals surface area contributed by atoms with Gasteiger partial charge in [-0.2, -0.15) is 0 Å². The van der Waals surface area contributed by atoms with E-state index in [2.05, 4.69) is 20.8 Å². The monoisotopic (exact) mass is 215 g/mol. The Morgan fingerprint density at radius 3 is 1.78 bits per heavy atom. The second-order valence-corrected chi connectivity index (χ2v) is 5.35. The van der Waals surface area contributed by atoms with Crippen LogP contribution in [0.15, 0.2) is 0 Å². The van der Waals surface area contributed by atoms with Crippen LogP contribution < -0.4 is 3.27 Å². The van der Waals surface area contributed by atoms with Crippen LogP contribution in [0.4, 0.5) is 0 Å². The molecule has 1 aromatic rings. The van der Waals surface area contributed by atoms with Crippen LogP contribution in [0.3, 0.4) is 0 Å². The summed E-state index contributed by atoms with van der Waals surface area (Å²) in [5.41, 5.74) is 1.56. The summed E-state index contributed by atoms with van der Waals surface area (Å²) in [7, 11) is 0.999. The Morgan fingerprint density at radius 1 is 1.11 bits per heavy atom. The van der Waals surface area contributed by atoms with Gasteiger partial charge in [0.05, 0.1) is 0 Å². The molecular formula is C7H10PZr. The Balaban J connectivity index is 3.29. The third-order valence-electron chi connectivity index (χ3n) is 1.69. The molecule has 0 aliphatic rings. The van der Waals surface area contributed by atoms with Crippen LogP contribution >= 0.6 is 8.19 Å². The Morgan fingerprint density at radius 2 is 1.67 bits per heavy atom. The van der Waals surface area contributed by atoms with E-state index in [-0.39, 0.29) is 0 Å². The predicted octanol–water partition coefficient (Wildman–Crippen LogP) is 1.82. The Kier molecular flexibility index (Phi) is 2.35. The third-order valence-corrected chi connectivity index (χ3v) is 5.52. The summed E-state index contributed by atoms with van der Waals surface area (Å²) in [5, 5.41) is 3.21. The molecule has 0 fully saturated rings. The molecule has 0 aliphatic heterocycles. The van der Waals surface area contributed by atoms with Gasteiger partial charge in [-0.05, 0) is 0 Å². The average Bonchev–Trinajstić information content (AvgIpc) is 1.98. The van der Waals surface area contributed by atoms with Gasteiger partial charge in [-0.1, -0.05) is 0 Å². The zero-order valence-corrected chi connectivity index (χ0v) is 9.46. The molecule has 0 saturated heterocycles. The molecule has 0 bridgehead atoms. The average molecular weight is 216 g/mol. The van der Waals surface area contributed by atoms with Crippen LogP contribution in [0.25, 0.3) is 0 Å². The molecule has 47 valence electrons. The van der Waals surface area contributed by atoms with Gasteiger partial charge in [0.2, 0.25) is 0 Å². The summed E-state index contributed by atoms with van der Waals surface area (Å²) < 4.78 is 1.61. The van der Waals surface area contributed by atoms with Crippen molar-refractivity contribution in [1.82, 2.24) is 0 Å². The van der Waals surface area contributed by atoms with Crippen LogP contribution in [-0.4, -0.2) is 0 Å². The van der Waals surface area contributed by atoms with Gasteiger partial charge < -0.3 is 0 Å². The topological polar surface area (TPSA) is 0 Å². The maximum absolute atomic E-state index is 2.25. The van der Waals surface area contributed by atoms with Crippen molar-refractivity contribution in [3.8, 4) is 0 Å². The summed E-state index contributed by atoms with van der Waals surface area (Å²) in [6.45, 7) is 6.74. The van der Waals surface area contributed by atoms with E-state index < -0.39 is 0 Å². The van der Waals surface area contributed by atoms with Crippen molar-refractivity contribution in [2.24, 2.45) is 0 Å². The number of hydrogen-bond acceptors (Lipinski definition) is 0. The van der Waals surface area contributed by atoms with Crippen molar-refractivity contribution in [2.45, 2.75) is 20.8 Å². The summed E-state index contributed by atoms with van der Waals surface area (Å²) in [6.07, 6.45) is 0. The molecule has 0 radical (unpaired) electrons. The van der Waals surface area contributed by atoms with Gasteiger partial charge in [0.1, 0.15) is 0 Å². The van der Waals surface area contributed by atoms with Crippen molar-refractivity contribution < 1.29 is 24.7 Å². The predicted molar refractivity (Wildman–Crippen MR) is 39.8 cm³/mol. The molecule has 0 saturated carbocycles. The van der Waals surface area contributed by atoms with Crippen LogP contribution in [0, 0.1) is 20.8 Å². The van der Waals surface area contributed by atoms with Crippen LogP contribution in [-0.2, 0) is 24.7 Å². The van der Waals surface area contributed by atoms with Gasteiger partial charge in [0.15, 0.2) is 0 Å². The Labute approximate surface area is 73.0 Å². The fourth-order valence-corrected chi connectivity index (χ4v) is 3.32. The van der Waals surface area contributed by atoms with Gasteiger partial charge >= 0.3 is 73.1 Å². The molecule has 0 spiro atoms. The van der Waals surface area contributed by atoms with Crippen LogP contribution in [0.1, 0.15) is 16.2 Å². The van der Waals surface area contributed by atoms with E-state index in [0.29, 0.717) is 0 Å². The first-order valence-corrected chi connectivity index (χ1v) is 5.23. The van der Waals surface area contributed by atoms with E-state index in [9.17, 15) is 0 Å². The molecule has 1 rings (SSSR count). The quantitative estimate of drug-likeness (QED) is 0.620. The van der Waals surface area contributed by atoms with Crippen molar-refractivity contribution in [1.29, 1.82) is 0 Å². The molecule has 1 heterocycles. The maximum atomic E-state index is 2.25. The molecule has 0 N–H and O–H groups in total. The van der Waals surface area contributed by atoms with Crippen molar-refractivity contribution in [3.05, 3.63) is 16.2 Å². The molecule has 9 heavy (non-hydrogen) atoms. The standard InChI is InChI=1S/C7H10P.Zr/c1-5-4-6(2)8-7(5)3;/h8H,1-3H3;. The first-order valence-electron chi connectivity index (χ1n) is 3.00. The minimum atomic E-state index is 0.999. The fourth-order valence-electron chi connectivity index (χ4n) is 0.906. The van der Waals surface area contributed by atoms with Gasteiger partial charge in [-0.15, -0.1) is 0 Å². The second-order valence-electron chi connectivity index (χ2n) is 2.38. The zero-order chi connectivity index (χ0) is 7.02. The van der Waals surface area contributed by atoms with E-state index >= 15 is 0 Å². The summed E-state index contributed by atoms with van der Waals surface area (Å²) in [4.78, 5) is 0. The van der Waals surface area contributed by atoms with Crippen LogP contribution in [0.2, 0.25) is 0 Å². The molecule has 0 amide bonds. The Hall–Kier alpha value is 0.663. The van der Waals surface area contributed by atoms with Gasteiger partial charge in [0.25, 0.3) is 0 Å². The molecule has 1 unspecified atom stereocenters. The molecule has 2 heteroatoms. The number of aryl methyl sites for hydroxylation is 2. The zero-order valence-electron chi connectivity index (χ0n) is 6.00. The van der Waals surface area contributed by atoms with E-state index in [1.807, 2.05) is 0 Å². The molecule has 1 atom stereocenters. The molecule has 0 aliphatic carbocycles. The fraction of sp³-hybridized carbons (Fsp3) is 0.429. The normalized spacial score (nSPS) is 10.9. The SMILES string of the molecule is Cc1[pH]c(C)[c]([Zr])c1C. The second kappa shape index (κ2) is 2.73. The molecule has 1 aromatic heterocycles. The minimum absolute atomic E-state index is 0.999. The van der Waals surface area contributed by atoms with E-state index in [4.69, 9.17) is 0 Å². The van der Waals surface area contributed by atoms with Crippen molar-refractivity contribution in [2.75, 3.05) is 0 Å². The molecule has 0 nitrogen and oxygen atoms in total. The van der Waals surface area contributed by atoms with Crippen molar-refractivity contribution in [3.63, 3.8) is 0 Å². The molecule has 0 aromatic carbocycles. The van der Waals surface area contributed by atoms with Gasteiger partial charge in [-0.3, -0.25) is 0 Å². The summed E-state index contributed by atoms with van der Waals surface area (Å²) >= 11 is 1.58. The summed E-state index contributed by atoms with van der Waals surface area (Å²) in [5.74, 6) is 0. The van der Waals surface area contributed by atoms with Gasteiger partial charge in [-0.25, -0.2) is 0 Å². The number of rotatable bonds is 0. The first-order chi connectivity index (χ1) is 4.13. The number of hydrogen-bond donors (Lipinski definition) is 0. The molecular weight excluding hydrogens is 206 g/mol. The van der Waals surface area contributed by atoms with Crippen molar-refractivity contribution >= 4 is 11.5 Å². The van der Waals surface area contributed by atoms with E-state index in [0.717, 1.165) is 8.19 Å². The van der Waals surface area contributed by atoms with Crippen LogP contribution in [0.5, 0.6) is 0 Å². The van der Waals surface area contributed by atoms with E-state index in [1.54, 1.807) is 44.1 Å². The van der Waals surface area contributed by atoms with E-state index in [1.165, 1.54) is 0 Å². The van der Waals surface area contributed by atoms with Gasteiger partial charge in [0, 0.05) is 0 Å².